The number of nitrogens with one attached hydrogen (secondary N) is 1. The summed E-state index contributed by atoms with van der Waals surface area (Å²) < 4.78 is 7.37. The fourth-order valence-corrected chi connectivity index (χ4v) is 2.61. The Balaban J connectivity index is 1.88. The van der Waals surface area contributed by atoms with Gasteiger partial charge in [-0.15, -0.1) is 0 Å². The van der Waals surface area contributed by atoms with Gasteiger partial charge in [0.05, 0.1) is 7.11 Å². The Labute approximate surface area is 144 Å². The summed E-state index contributed by atoms with van der Waals surface area (Å²) in [5.74, 6) is 2.21. The van der Waals surface area contributed by atoms with E-state index in [1.54, 1.807) is 20.4 Å². The van der Waals surface area contributed by atoms with Gasteiger partial charge in [0.15, 0.2) is 5.96 Å². The first kappa shape index (κ1) is 17.8. The SMILES string of the molecule is CN=C(NCC(C)Cn1cccn1)N(C)Cc1ccccc1OC. The number of aromatic nitrogens is 2. The van der Waals surface area contributed by atoms with Crippen LogP contribution in [-0.4, -0.2) is 48.4 Å². The van der Waals surface area contributed by atoms with Gasteiger partial charge in [-0.05, 0) is 18.1 Å². The first-order valence-electron chi connectivity index (χ1n) is 8.15. The van der Waals surface area contributed by atoms with Crippen LogP contribution in [0.25, 0.3) is 0 Å². The summed E-state index contributed by atoms with van der Waals surface area (Å²) in [6, 6.07) is 10.00. The number of aliphatic imine (C=N–C) groups is 1. The Morgan fingerprint density at radius 1 is 1.38 bits per heavy atom. The number of methoxy groups -OCH3 is 1. The monoisotopic (exact) mass is 329 g/mol. The fraction of sp³-hybridized carbons (Fsp3) is 0.444. The van der Waals surface area contributed by atoms with Crippen molar-refractivity contribution in [2.24, 2.45) is 10.9 Å². The highest BCUT2D eigenvalue weighted by Crippen LogP contribution is 2.18. The van der Waals surface area contributed by atoms with E-state index in [1.807, 2.05) is 42.2 Å². The van der Waals surface area contributed by atoms with Crippen molar-refractivity contribution in [1.29, 1.82) is 0 Å². The number of rotatable bonds is 7. The van der Waals surface area contributed by atoms with E-state index in [0.29, 0.717) is 5.92 Å². The van der Waals surface area contributed by atoms with Crippen LogP contribution in [0.5, 0.6) is 5.75 Å². The average molecular weight is 329 g/mol. The second kappa shape index (κ2) is 8.96. The molecule has 130 valence electrons. The molecule has 0 aliphatic carbocycles. The Morgan fingerprint density at radius 2 is 2.17 bits per heavy atom. The molecule has 2 rings (SSSR count). The van der Waals surface area contributed by atoms with Crippen molar-refractivity contribution in [3.05, 3.63) is 48.3 Å². The second-order valence-corrected chi connectivity index (χ2v) is 5.93. The maximum atomic E-state index is 5.42. The lowest BCUT2D eigenvalue weighted by Crippen LogP contribution is -2.40. The van der Waals surface area contributed by atoms with Crippen LogP contribution in [0.4, 0.5) is 0 Å². The number of hydrogen-bond donors (Lipinski definition) is 1. The number of guanidine groups is 1. The van der Waals surface area contributed by atoms with Gasteiger partial charge in [0.25, 0.3) is 0 Å². The van der Waals surface area contributed by atoms with Crippen LogP contribution < -0.4 is 10.1 Å². The highest BCUT2D eigenvalue weighted by molar-refractivity contribution is 5.79. The van der Waals surface area contributed by atoms with Crippen LogP contribution >= 0.6 is 0 Å². The van der Waals surface area contributed by atoms with Crippen LogP contribution in [0, 0.1) is 5.92 Å². The predicted molar refractivity (Wildman–Crippen MR) is 97.2 cm³/mol. The Bertz CT molecular complexity index is 639. The van der Waals surface area contributed by atoms with Gasteiger partial charge in [0.2, 0.25) is 0 Å². The van der Waals surface area contributed by atoms with Crippen molar-refractivity contribution in [2.45, 2.75) is 20.0 Å². The lowest BCUT2D eigenvalue weighted by atomic mass is 10.2. The highest BCUT2D eigenvalue weighted by atomic mass is 16.5. The maximum Gasteiger partial charge on any atom is 0.193 e. The van der Waals surface area contributed by atoms with E-state index in [1.165, 1.54) is 0 Å². The van der Waals surface area contributed by atoms with Gasteiger partial charge >= 0.3 is 0 Å². The zero-order valence-corrected chi connectivity index (χ0v) is 14.9. The van der Waals surface area contributed by atoms with Crippen molar-refractivity contribution in [3.63, 3.8) is 0 Å². The number of ether oxygens (including phenoxy) is 1. The fourth-order valence-electron chi connectivity index (χ4n) is 2.61. The second-order valence-electron chi connectivity index (χ2n) is 5.93. The molecule has 1 aromatic carbocycles. The van der Waals surface area contributed by atoms with Crippen molar-refractivity contribution in [2.75, 3.05) is 27.7 Å². The summed E-state index contributed by atoms with van der Waals surface area (Å²) in [5.41, 5.74) is 1.13. The molecule has 6 nitrogen and oxygen atoms in total. The molecule has 1 atom stereocenters. The molecule has 0 saturated carbocycles. The summed E-state index contributed by atoms with van der Waals surface area (Å²) >= 11 is 0. The standard InChI is InChI=1S/C18H27N5O/c1-15(13-23-11-7-10-21-23)12-20-18(19-2)22(3)14-16-8-5-6-9-17(16)24-4/h5-11,15H,12-14H2,1-4H3,(H,19,20). The molecule has 0 aliphatic heterocycles. The number of para-hydroxylation sites is 1. The average Bonchev–Trinajstić information content (AvgIpc) is 3.08. The molecule has 0 saturated heterocycles. The van der Waals surface area contributed by atoms with Crippen molar-refractivity contribution in [3.8, 4) is 5.75 Å². The minimum Gasteiger partial charge on any atom is -0.496 e. The zero-order valence-electron chi connectivity index (χ0n) is 14.9. The first-order chi connectivity index (χ1) is 11.6. The van der Waals surface area contributed by atoms with E-state index < -0.39 is 0 Å². The molecule has 2 aromatic rings. The largest absolute Gasteiger partial charge is 0.496 e. The molecule has 1 unspecified atom stereocenters. The first-order valence-corrected chi connectivity index (χ1v) is 8.15. The molecule has 0 fully saturated rings. The van der Waals surface area contributed by atoms with E-state index in [-0.39, 0.29) is 0 Å². The Morgan fingerprint density at radius 3 is 2.83 bits per heavy atom. The third kappa shape index (κ3) is 5.01. The topological polar surface area (TPSA) is 54.7 Å². The summed E-state index contributed by atoms with van der Waals surface area (Å²) in [7, 11) is 5.53. The minimum atomic E-state index is 0.446. The molecule has 0 spiro atoms. The summed E-state index contributed by atoms with van der Waals surface area (Å²) in [6.07, 6.45) is 3.79. The van der Waals surface area contributed by atoms with Gasteiger partial charge in [-0.25, -0.2) is 0 Å². The summed E-state index contributed by atoms with van der Waals surface area (Å²) in [6.45, 7) is 4.65. The Hall–Kier alpha value is -2.50. The van der Waals surface area contributed by atoms with Crippen LogP contribution in [0.3, 0.4) is 0 Å². The smallest absolute Gasteiger partial charge is 0.193 e. The van der Waals surface area contributed by atoms with Gasteiger partial charge in [-0.3, -0.25) is 9.67 Å². The molecule has 1 N–H and O–H groups in total. The van der Waals surface area contributed by atoms with Crippen LogP contribution in [0.2, 0.25) is 0 Å². The van der Waals surface area contributed by atoms with Gasteiger partial charge in [-0.2, -0.15) is 5.10 Å². The maximum absolute atomic E-state index is 5.42. The lowest BCUT2D eigenvalue weighted by molar-refractivity contribution is 0.392. The molecule has 0 amide bonds. The normalized spacial score (nSPS) is 12.8. The van der Waals surface area contributed by atoms with E-state index in [2.05, 4.69) is 33.3 Å². The van der Waals surface area contributed by atoms with Gasteiger partial charge in [-0.1, -0.05) is 25.1 Å². The molecule has 0 bridgehead atoms. The highest BCUT2D eigenvalue weighted by Gasteiger charge is 2.11. The summed E-state index contributed by atoms with van der Waals surface area (Å²) in [5, 5.41) is 7.68. The number of benzene rings is 1. The predicted octanol–water partition coefficient (Wildman–Crippen LogP) is 2.24. The molecular formula is C18H27N5O. The van der Waals surface area contributed by atoms with E-state index in [4.69, 9.17) is 4.74 Å². The molecular weight excluding hydrogens is 302 g/mol. The van der Waals surface area contributed by atoms with Gasteiger partial charge in [0, 0.05) is 51.7 Å². The van der Waals surface area contributed by atoms with E-state index in [9.17, 15) is 0 Å². The molecule has 0 aliphatic rings. The van der Waals surface area contributed by atoms with Crippen LogP contribution in [-0.2, 0) is 13.1 Å². The van der Waals surface area contributed by atoms with Crippen LogP contribution in [0.1, 0.15) is 12.5 Å². The zero-order chi connectivity index (χ0) is 17.4. The van der Waals surface area contributed by atoms with E-state index >= 15 is 0 Å². The quantitative estimate of drug-likeness (QED) is 0.625. The van der Waals surface area contributed by atoms with Gasteiger partial charge in [0.1, 0.15) is 5.75 Å². The molecule has 1 aromatic heterocycles. The molecule has 0 radical (unpaired) electrons. The number of hydrogen-bond acceptors (Lipinski definition) is 3. The molecule has 6 heteroatoms. The Kier molecular flexibility index (Phi) is 6.66. The van der Waals surface area contributed by atoms with E-state index in [0.717, 1.165) is 36.9 Å². The summed E-state index contributed by atoms with van der Waals surface area (Å²) in [4.78, 5) is 6.47. The number of nitrogens with zero attached hydrogens (tertiary/aromatic N) is 4. The molecule has 1 heterocycles. The van der Waals surface area contributed by atoms with Crippen molar-refractivity contribution >= 4 is 5.96 Å². The molecule has 24 heavy (non-hydrogen) atoms. The van der Waals surface area contributed by atoms with Crippen molar-refractivity contribution in [1.82, 2.24) is 20.0 Å². The van der Waals surface area contributed by atoms with Crippen LogP contribution in [0.15, 0.2) is 47.7 Å². The third-order valence-corrected chi connectivity index (χ3v) is 3.84. The lowest BCUT2D eigenvalue weighted by Gasteiger charge is -2.24. The minimum absolute atomic E-state index is 0.446. The third-order valence-electron chi connectivity index (χ3n) is 3.84. The van der Waals surface area contributed by atoms with Crippen molar-refractivity contribution < 1.29 is 4.74 Å². The van der Waals surface area contributed by atoms with Gasteiger partial charge < -0.3 is 15.0 Å².